The molecule has 1 aliphatic heterocycles. The van der Waals surface area contributed by atoms with Crippen molar-refractivity contribution in [1.82, 2.24) is 10.2 Å². The molecule has 2 N–H and O–H groups in total. The zero-order valence-electron chi connectivity index (χ0n) is 13.8. The molecule has 0 unspecified atom stereocenters. The molecule has 0 bridgehead atoms. The lowest BCUT2D eigenvalue weighted by molar-refractivity contribution is -0.137. The summed E-state index contributed by atoms with van der Waals surface area (Å²) >= 11 is 0. The maximum atomic E-state index is 12.8. The van der Waals surface area contributed by atoms with Crippen LogP contribution in [0.15, 0.2) is 18.2 Å². The number of hydrogen-bond acceptors (Lipinski definition) is 3. The maximum Gasteiger partial charge on any atom is 0.416 e. The highest BCUT2D eigenvalue weighted by Crippen LogP contribution is 2.35. The second kappa shape index (κ2) is 8.09. The Morgan fingerprint density at radius 2 is 1.92 bits per heavy atom. The first-order valence-corrected chi connectivity index (χ1v) is 7.98. The number of benzene rings is 1. The molecule has 3 amide bonds. The molecule has 1 aliphatic rings. The highest BCUT2D eigenvalue weighted by atomic mass is 19.4. The minimum atomic E-state index is -4.54. The smallest absolute Gasteiger partial charge is 0.416 e. The van der Waals surface area contributed by atoms with Gasteiger partial charge in [-0.2, -0.15) is 13.2 Å². The van der Waals surface area contributed by atoms with Gasteiger partial charge in [-0.05, 0) is 38.0 Å². The van der Waals surface area contributed by atoms with Gasteiger partial charge in [0.1, 0.15) is 5.75 Å². The number of rotatable bonds is 5. The van der Waals surface area contributed by atoms with E-state index in [-0.39, 0.29) is 30.5 Å². The summed E-state index contributed by atoms with van der Waals surface area (Å²) < 4.78 is 43.7. The Bertz CT molecular complexity index is 629. The highest BCUT2D eigenvalue weighted by molar-refractivity contribution is 5.93. The Labute approximate surface area is 143 Å². The molecule has 6 nitrogen and oxygen atoms in total. The maximum absolute atomic E-state index is 12.8. The van der Waals surface area contributed by atoms with E-state index in [1.165, 1.54) is 0 Å². The number of likely N-dealkylation sites (tertiary alicyclic amines) is 1. The Hall–Kier alpha value is -2.45. The first-order chi connectivity index (χ1) is 11.8. The summed E-state index contributed by atoms with van der Waals surface area (Å²) in [7, 11) is 0. The van der Waals surface area contributed by atoms with Gasteiger partial charge in [-0.3, -0.25) is 4.79 Å². The fourth-order valence-corrected chi connectivity index (χ4v) is 2.49. The molecular formula is C16H20F3N3O3. The molecule has 0 spiro atoms. The fraction of sp³-hybridized carbons (Fsp3) is 0.500. The number of nitrogens with one attached hydrogen (secondary N) is 2. The number of hydrogen-bond donors (Lipinski definition) is 2. The van der Waals surface area contributed by atoms with Gasteiger partial charge < -0.3 is 20.3 Å². The average molecular weight is 359 g/mol. The van der Waals surface area contributed by atoms with E-state index in [4.69, 9.17) is 4.74 Å². The molecule has 1 heterocycles. The number of halogens is 3. The van der Waals surface area contributed by atoms with Crippen molar-refractivity contribution in [2.24, 2.45) is 0 Å². The summed E-state index contributed by atoms with van der Waals surface area (Å²) in [5.41, 5.74) is -1.01. The molecule has 1 aromatic carbocycles. The van der Waals surface area contributed by atoms with Gasteiger partial charge >= 0.3 is 12.2 Å². The lowest BCUT2D eigenvalue weighted by Gasteiger charge is -2.17. The van der Waals surface area contributed by atoms with Crippen molar-refractivity contribution in [2.45, 2.75) is 25.9 Å². The van der Waals surface area contributed by atoms with Crippen molar-refractivity contribution in [3.63, 3.8) is 0 Å². The van der Waals surface area contributed by atoms with Gasteiger partial charge in [0, 0.05) is 13.1 Å². The third-order valence-electron chi connectivity index (χ3n) is 3.71. The van der Waals surface area contributed by atoms with Gasteiger partial charge in [-0.1, -0.05) is 0 Å². The zero-order chi connectivity index (χ0) is 18.4. The van der Waals surface area contributed by atoms with Crippen molar-refractivity contribution >= 4 is 17.6 Å². The van der Waals surface area contributed by atoms with Gasteiger partial charge in [-0.15, -0.1) is 0 Å². The normalized spacial score (nSPS) is 14.3. The van der Waals surface area contributed by atoms with Crippen molar-refractivity contribution in [1.29, 1.82) is 0 Å². The average Bonchev–Trinajstić information content (AvgIpc) is 3.08. The Morgan fingerprint density at radius 3 is 2.52 bits per heavy atom. The van der Waals surface area contributed by atoms with E-state index in [2.05, 4.69) is 10.6 Å². The van der Waals surface area contributed by atoms with Crippen LogP contribution >= 0.6 is 0 Å². The second-order valence-electron chi connectivity index (χ2n) is 5.54. The summed E-state index contributed by atoms with van der Waals surface area (Å²) in [5.74, 6) is -0.0988. The first-order valence-electron chi connectivity index (χ1n) is 7.98. The van der Waals surface area contributed by atoms with Gasteiger partial charge in [0.05, 0.1) is 24.4 Å². The molecule has 0 atom stereocenters. The van der Waals surface area contributed by atoms with E-state index in [1.807, 2.05) is 0 Å². The minimum absolute atomic E-state index is 0.109. The van der Waals surface area contributed by atoms with E-state index in [1.54, 1.807) is 11.8 Å². The van der Waals surface area contributed by atoms with Crippen molar-refractivity contribution in [2.75, 3.05) is 31.6 Å². The van der Waals surface area contributed by atoms with Gasteiger partial charge in [0.25, 0.3) is 0 Å². The monoisotopic (exact) mass is 359 g/mol. The highest BCUT2D eigenvalue weighted by Gasteiger charge is 2.31. The summed E-state index contributed by atoms with van der Waals surface area (Å²) in [6.45, 7) is 3.01. The molecule has 9 heteroatoms. The van der Waals surface area contributed by atoms with Crippen molar-refractivity contribution in [3.05, 3.63) is 23.8 Å². The lowest BCUT2D eigenvalue weighted by atomic mass is 10.2. The lowest BCUT2D eigenvalue weighted by Crippen LogP contribution is -2.40. The van der Waals surface area contributed by atoms with Gasteiger partial charge in [0.2, 0.25) is 5.91 Å². The van der Waals surface area contributed by atoms with Crippen LogP contribution in [0.4, 0.5) is 23.7 Å². The number of urea groups is 1. The second-order valence-corrected chi connectivity index (χ2v) is 5.54. The number of alkyl halides is 3. The van der Waals surface area contributed by atoms with Gasteiger partial charge in [0.15, 0.2) is 0 Å². The minimum Gasteiger partial charge on any atom is -0.492 e. The predicted octanol–water partition coefficient (Wildman–Crippen LogP) is 2.85. The van der Waals surface area contributed by atoms with Crippen LogP contribution in [-0.2, 0) is 11.0 Å². The molecule has 138 valence electrons. The Morgan fingerprint density at radius 1 is 1.24 bits per heavy atom. The molecule has 0 radical (unpaired) electrons. The number of carbonyl (C=O) groups excluding carboxylic acids is 2. The molecule has 1 saturated heterocycles. The summed E-state index contributed by atoms with van der Waals surface area (Å²) in [6, 6.07) is 2.06. The van der Waals surface area contributed by atoms with Crippen LogP contribution in [0.25, 0.3) is 0 Å². The van der Waals surface area contributed by atoms with Crippen molar-refractivity contribution in [3.8, 4) is 5.75 Å². The van der Waals surface area contributed by atoms with Crippen molar-refractivity contribution < 1.29 is 27.5 Å². The molecule has 0 aliphatic carbocycles. The number of ether oxygens (including phenoxy) is 1. The van der Waals surface area contributed by atoms with Crippen LogP contribution in [0.1, 0.15) is 25.3 Å². The Balaban J connectivity index is 2.01. The van der Waals surface area contributed by atoms with Crippen LogP contribution in [0.2, 0.25) is 0 Å². The molecule has 1 aromatic rings. The number of carbonyl (C=O) groups is 2. The van der Waals surface area contributed by atoms with Crippen LogP contribution in [0.5, 0.6) is 5.75 Å². The number of nitrogens with zero attached hydrogens (tertiary/aromatic N) is 1. The summed E-state index contributed by atoms with van der Waals surface area (Å²) in [5, 5.41) is 4.67. The topological polar surface area (TPSA) is 70.7 Å². The van der Waals surface area contributed by atoms with E-state index in [0.29, 0.717) is 13.1 Å². The van der Waals surface area contributed by atoms with Crippen LogP contribution in [0, 0.1) is 0 Å². The van der Waals surface area contributed by atoms with E-state index in [0.717, 1.165) is 31.0 Å². The van der Waals surface area contributed by atoms with Crippen LogP contribution in [0.3, 0.4) is 0 Å². The molecule has 1 fully saturated rings. The molecule has 25 heavy (non-hydrogen) atoms. The quantitative estimate of drug-likeness (QED) is 0.849. The number of amides is 3. The fourth-order valence-electron chi connectivity index (χ4n) is 2.49. The third kappa shape index (κ3) is 5.27. The molecule has 0 saturated carbocycles. The van der Waals surface area contributed by atoms with E-state index < -0.39 is 17.8 Å². The van der Waals surface area contributed by atoms with Crippen LogP contribution in [-0.4, -0.2) is 43.1 Å². The van der Waals surface area contributed by atoms with Gasteiger partial charge in [-0.25, -0.2) is 4.79 Å². The molecule has 2 rings (SSSR count). The molecule has 0 aromatic heterocycles. The summed E-state index contributed by atoms with van der Waals surface area (Å²) in [6.07, 6.45) is -2.68. The summed E-state index contributed by atoms with van der Waals surface area (Å²) in [4.78, 5) is 25.4. The standard InChI is InChI=1S/C16H20F3N3O3/c1-2-25-13-6-5-11(16(17,18)19)9-12(13)21-15(24)20-10-14(23)22-7-3-4-8-22/h5-6,9H,2-4,7-8,10H2,1H3,(H2,20,21,24). The molecular weight excluding hydrogens is 339 g/mol. The van der Waals surface area contributed by atoms with E-state index in [9.17, 15) is 22.8 Å². The van der Waals surface area contributed by atoms with Crippen LogP contribution < -0.4 is 15.4 Å². The first kappa shape index (κ1) is 18.9. The third-order valence-corrected chi connectivity index (χ3v) is 3.71. The Kier molecular flexibility index (Phi) is 6.11. The predicted molar refractivity (Wildman–Crippen MR) is 85.4 cm³/mol. The zero-order valence-corrected chi connectivity index (χ0v) is 13.8. The van der Waals surface area contributed by atoms with E-state index >= 15 is 0 Å². The SMILES string of the molecule is CCOc1ccc(C(F)(F)F)cc1NC(=O)NCC(=O)N1CCCC1. The largest absolute Gasteiger partial charge is 0.492 e. The number of anilines is 1.